The van der Waals surface area contributed by atoms with Crippen LogP contribution < -0.4 is 10.0 Å². The Balaban J connectivity index is 1.42. The van der Waals surface area contributed by atoms with Crippen molar-refractivity contribution in [3.63, 3.8) is 0 Å². The van der Waals surface area contributed by atoms with Crippen LogP contribution in [0.25, 0.3) is 16.5 Å². The number of aliphatic imine (C=N–C) groups is 1. The molecule has 4 rings (SSSR count). The minimum Gasteiger partial charge on any atom is -0.322 e. The highest BCUT2D eigenvalue weighted by atomic mass is 35.5. The molecule has 32 heavy (non-hydrogen) atoms. The fraction of sp³-hybridized carbons (Fsp3) is 0.130. The summed E-state index contributed by atoms with van der Waals surface area (Å²) in [5.41, 5.74) is 1.33. The van der Waals surface area contributed by atoms with E-state index in [4.69, 9.17) is 11.6 Å². The van der Waals surface area contributed by atoms with Crippen LogP contribution in [0.1, 0.15) is 17.7 Å². The molecule has 2 aromatic carbocycles. The number of thiophene rings is 1. The van der Waals surface area contributed by atoms with Gasteiger partial charge in [0.05, 0.1) is 4.90 Å². The fourth-order valence-electron chi connectivity index (χ4n) is 3.17. The second-order valence-corrected chi connectivity index (χ2v) is 10.3. The van der Waals surface area contributed by atoms with E-state index in [9.17, 15) is 13.2 Å². The molecule has 1 aromatic heterocycles. The maximum absolute atomic E-state index is 12.6. The number of nitrogens with zero attached hydrogens (tertiary/aromatic N) is 1. The Kier molecular flexibility index (Phi) is 6.74. The van der Waals surface area contributed by atoms with Crippen molar-refractivity contribution >= 4 is 56.5 Å². The van der Waals surface area contributed by atoms with Crippen LogP contribution in [0.3, 0.4) is 0 Å². The predicted molar refractivity (Wildman–Crippen MR) is 131 cm³/mol. The summed E-state index contributed by atoms with van der Waals surface area (Å²) in [6.45, 7) is 0.629. The Morgan fingerprint density at radius 1 is 1.09 bits per heavy atom. The smallest absolute Gasteiger partial charge is 0.262 e. The highest BCUT2D eigenvalue weighted by Gasteiger charge is 2.18. The van der Waals surface area contributed by atoms with Crippen LogP contribution in [-0.4, -0.2) is 26.7 Å². The number of benzene rings is 2. The summed E-state index contributed by atoms with van der Waals surface area (Å²) in [6.07, 6.45) is 4.57. The second kappa shape index (κ2) is 9.68. The zero-order valence-electron chi connectivity index (χ0n) is 16.9. The SMILES string of the molecule is O=C(/C=C/c1ccc(-c2ccccc2Cl)s1)Nc1cccc(S(=O)(=O)NC2=NCCC2)c1. The maximum Gasteiger partial charge on any atom is 0.262 e. The van der Waals surface area contributed by atoms with Crippen molar-refractivity contribution < 1.29 is 13.2 Å². The van der Waals surface area contributed by atoms with Gasteiger partial charge in [0, 0.05) is 45.1 Å². The standard InChI is InChI=1S/C23H20ClN3O3S2/c24-20-8-2-1-7-19(20)21-12-10-17(31-21)11-13-23(28)26-16-5-3-6-18(15-16)32(29,30)27-22-9-4-14-25-22/h1-3,5-8,10-13,15H,4,9,14H2,(H,25,27)(H,26,28)/b13-11+. The van der Waals surface area contributed by atoms with Crippen LogP contribution >= 0.6 is 22.9 Å². The third-order valence-corrected chi connectivity index (χ3v) is 7.50. The largest absolute Gasteiger partial charge is 0.322 e. The first-order valence-electron chi connectivity index (χ1n) is 9.91. The van der Waals surface area contributed by atoms with Gasteiger partial charge in [0.2, 0.25) is 5.91 Å². The molecule has 0 fully saturated rings. The topological polar surface area (TPSA) is 87.6 Å². The lowest BCUT2D eigenvalue weighted by molar-refractivity contribution is -0.111. The van der Waals surface area contributed by atoms with Crippen molar-refractivity contribution in [2.45, 2.75) is 17.7 Å². The summed E-state index contributed by atoms with van der Waals surface area (Å²) in [6, 6.07) is 17.6. The van der Waals surface area contributed by atoms with E-state index < -0.39 is 10.0 Å². The molecule has 2 N–H and O–H groups in total. The van der Waals surface area contributed by atoms with Crippen LogP contribution in [0, 0.1) is 0 Å². The van der Waals surface area contributed by atoms with Crippen molar-refractivity contribution in [3.05, 3.63) is 76.6 Å². The number of nitrogens with one attached hydrogen (secondary N) is 2. The van der Waals surface area contributed by atoms with Gasteiger partial charge in [0.1, 0.15) is 5.84 Å². The first kappa shape index (κ1) is 22.3. The Hall–Kier alpha value is -2.94. The van der Waals surface area contributed by atoms with Gasteiger partial charge in [-0.3, -0.25) is 14.5 Å². The zero-order valence-corrected chi connectivity index (χ0v) is 19.3. The quantitative estimate of drug-likeness (QED) is 0.471. The minimum atomic E-state index is -3.74. The lowest BCUT2D eigenvalue weighted by Crippen LogP contribution is -2.29. The van der Waals surface area contributed by atoms with Crippen LogP contribution in [0.15, 0.2) is 76.6 Å². The van der Waals surface area contributed by atoms with Crippen molar-refractivity contribution in [2.75, 3.05) is 11.9 Å². The lowest BCUT2D eigenvalue weighted by Gasteiger charge is -2.09. The van der Waals surface area contributed by atoms with Gasteiger partial charge in [-0.15, -0.1) is 11.3 Å². The van der Waals surface area contributed by atoms with Gasteiger partial charge >= 0.3 is 0 Å². The van der Waals surface area contributed by atoms with E-state index in [1.54, 1.807) is 18.2 Å². The Morgan fingerprint density at radius 3 is 2.72 bits per heavy atom. The molecule has 3 aromatic rings. The molecule has 1 amide bonds. The van der Waals surface area contributed by atoms with Gasteiger partial charge in [-0.25, -0.2) is 8.42 Å². The molecule has 1 aliphatic heterocycles. The van der Waals surface area contributed by atoms with E-state index in [0.717, 1.165) is 21.7 Å². The van der Waals surface area contributed by atoms with Crippen LogP contribution in [-0.2, 0) is 14.8 Å². The van der Waals surface area contributed by atoms with Crippen molar-refractivity contribution in [1.29, 1.82) is 0 Å². The summed E-state index contributed by atoms with van der Waals surface area (Å²) in [5, 5.41) is 3.37. The summed E-state index contributed by atoms with van der Waals surface area (Å²) >= 11 is 7.77. The highest BCUT2D eigenvalue weighted by molar-refractivity contribution is 7.90. The van der Waals surface area contributed by atoms with E-state index in [1.807, 2.05) is 36.4 Å². The van der Waals surface area contributed by atoms with Crippen molar-refractivity contribution in [2.24, 2.45) is 4.99 Å². The minimum absolute atomic E-state index is 0.0662. The number of hydrogen-bond donors (Lipinski definition) is 2. The molecular weight excluding hydrogens is 466 g/mol. The monoisotopic (exact) mass is 485 g/mol. The number of amidine groups is 1. The molecule has 164 valence electrons. The van der Waals surface area contributed by atoms with Gasteiger partial charge in [-0.05, 0) is 48.9 Å². The molecule has 0 saturated carbocycles. The third kappa shape index (κ3) is 5.45. The number of halogens is 1. The van der Waals surface area contributed by atoms with Crippen molar-refractivity contribution in [3.8, 4) is 10.4 Å². The third-order valence-electron chi connectivity index (χ3n) is 4.70. The number of sulfonamides is 1. The van der Waals surface area contributed by atoms with Gasteiger partial charge < -0.3 is 5.32 Å². The predicted octanol–water partition coefficient (Wildman–Crippen LogP) is 5.19. The van der Waals surface area contributed by atoms with Crippen LogP contribution in [0.5, 0.6) is 0 Å². The molecule has 0 saturated heterocycles. The maximum atomic E-state index is 12.6. The van der Waals surface area contributed by atoms with E-state index in [2.05, 4.69) is 15.0 Å². The molecule has 2 heterocycles. The number of carbonyl (C=O) groups is 1. The zero-order chi connectivity index (χ0) is 22.6. The Bertz CT molecular complexity index is 1310. The van der Waals surface area contributed by atoms with Gasteiger partial charge in [0.25, 0.3) is 10.0 Å². The van der Waals surface area contributed by atoms with E-state index in [1.165, 1.54) is 29.5 Å². The second-order valence-electron chi connectivity index (χ2n) is 7.07. The first-order valence-corrected chi connectivity index (χ1v) is 12.6. The van der Waals surface area contributed by atoms with E-state index in [-0.39, 0.29) is 10.8 Å². The molecule has 0 spiro atoms. The number of amides is 1. The number of carbonyl (C=O) groups excluding carboxylic acids is 1. The molecule has 0 atom stereocenters. The van der Waals surface area contributed by atoms with Crippen LogP contribution in [0.4, 0.5) is 5.69 Å². The molecule has 6 nitrogen and oxygen atoms in total. The van der Waals surface area contributed by atoms with Crippen LogP contribution in [0.2, 0.25) is 5.02 Å². The van der Waals surface area contributed by atoms with Gasteiger partial charge in [-0.2, -0.15) is 0 Å². The summed E-state index contributed by atoms with van der Waals surface area (Å²) < 4.78 is 27.6. The first-order chi connectivity index (χ1) is 15.4. The summed E-state index contributed by atoms with van der Waals surface area (Å²) in [7, 11) is -3.74. The number of anilines is 1. The van der Waals surface area contributed by atoms with E-state index >= 15 is 0 Å². The lowest BCUT2D eigenvalue weighted by atomic mass is 10.2. The Labute approximate surface area is 195 Å². The molecule has 0 aliphatic carbocycles. The normalized spacial score (nSPS) is 13.8. The molecule has 0 radical (unpaired) electrons. The molecular formula is C23H20ClN3O3S2. The number of rotatable bonds is 6. The molecule has 9 heteroatoms. The van der Waals surface area contributed by atoms with Gasteiger partial charge in [0.15, 0.2) is 0 Å². The summed E-state index contributed by atoms with van der Waals surface area (Å²) in [4.78, 5) is 18.5. The fourth-order valence-corrected chi connectivity index (χ4v) is 5.55. The average molecular weight is 486 g/mol. The molecule has 0 unspecified atom stereocenters. The Morgan fingerprint density at radius 2 is 1.94 bits per heavy atom. The van der Waals surface area contributed by atoms with E-state index in [0.29, 0.717) is 29.5 Å². The highest BCUT2D eigenvalue weighted by Crippen LogP contribution is 2.33. The number of hydrogen-bond acceptors (Lipinski definition) is 5. The van der Waals surface area contributed by atoms with Crippen molar-refractivity contribution in [1.82, 2.24) is 4.72 Å². The summed E-state index contributed by atoms with van der Waals surface area (Å²) in [5.74, 6) is 0.106. The molecule has 1 aliphatic rings. The van der Waals surface area contributed by atoms with Gasteiger partial charge in [-0.1, -0.05) is 35.9 Å². The average Bonchev–Trinajstić information content (AvgIpc) is 3.45. The molecule has 0 bridgehead atoms.